The first-order valence-corrected chi connectivity index (χ1v) is 6.79. The summed E-state index contributed by atoms with van der Waals surface area (Å²) >= 11 is 3.59. The van der Waals surface area contributed by atoms with Gasteiger partial charge in [-0.25, -0.2) is 0 Å². The lowest BCUT2D eigenvalue weighted by atomic mass is 10.1. The highest BCUT2D eigenvalue weighted by molar-refractivity contribution is 7.12. The van der Waals surface area contributed by atoms with E-state index in [9.17, 15) is 0 Å². The van der Waals surface area contributed by atoms with E-state index in [1.165, 1.54) is 20.2 Å². The molecule has 2 N–H and O–H groups in total. The van der Waals surface area contributed by atoms with Crippen molar-refractivity contribution in [3.8, 4) is 0 Å². The summed E-state index contributed by atoms with van der Waals surface area (Å²) in [5, 5.41) is 2.16. The number of hydrogen-bond acceptors (Lipinski definition) is 3. The Bertz CT molecular complexity index is 442. The Morgan fingerprint density at radius 1 is 1.40 bits per heavy atom. The van der Waals surface area contributed by atoms with E-state index in [0.717, 1.165) is 6.42 Å². The Labute approximate surface area is 98.6 Å². The third-order valence-electron chi connectivity index (χ3n) is 2.45. The molecular formula is C12H15NS2. The van der Waals surface area contributed by atoms with Crippen molar-refractivity contribution in [1.82, 2.24) is 0 Å². The van der Waals surface area contributed by atoms with Crippen LogP contribution in [0.3, 0.4) is 0 Å². The number of nitrogens with two attached hydrogens (primary N) is 1. The van der Waals surface area contributed by atoms with E-state index in [2.05, 4.69) is 37.4 Å². The fourth-order valence-electron chi connectivity index (χ4n) is 1.54. The molecule has 0 aliphatic rings. The van der Waals surface area contributed by atoms with Gasteiger partial charge in [-0.15, -0.1) is 22.7 Å². The summed E-state index contributed by atoms with van der Waals surface area (Å²) in [5.41, 5.74) is 7.45. The van der Waals surface area contributed by atoms with Crippen LogP contribution in [-0.4, -0.2) is 0 Å². The van der Waals surface area contributed by atoms with Crippen LogP contribution in [0.2, 0.25) is 0 Å². The minimum Gasteiger partial charge on any atom is -0.320 e. The second-order valence-corrected chi connectivity index (χ2v) is 5.94. The van der Waals surface area contributed by atoms with Crippen molar-refractivity contribution in [2.45, 2.75) is 26.3 Å². The van der Waals surface area contributed by atoms with Crippen LogP contribution in [0.4, 0.5) is 0 Å². The lowest BCUT2D eigenvalue weighted by Crippen LogP contribution is -2.08. The lowest BCUT2D eigenvalue weighted by Gasteiger charge is -2.06. The van der Waals surface area contributed by atoms with Gasteiger partial charge in [0, 0.05) is 14.6 Å². The summed E-state index contributed by atoms with van der Waals surface area (Å²) in [7, 11) is 0. The van der Waals surface area contributed by atoms with E-state index in [-0.39, 0.29) is 6.04 Å². The van der Waals surface area contributed by atoms with Crippen LogP contribution in [0.5, 0.6) is 0 Å². The van der Waals surface area contributed by atoms with Crippen LogP contribution >= 0.6 is 22.7 Å². The Morgan fingerprint density at radius 3 is 2.73 bits per heavy atom. The van der Waals surface area contributed by atoms with E-state index in [0.29, 0.717) is 0 Å². The molecule has 2 rings (SSSR count). The molecule has 0 radical (unpaired) electrons. The van der Waals surface area contributed by atoms with Gasteiger partial charge in [-0.3, -0.25) is 0 Å². The SMILES string of the molecule is CCc1ccc(C(N)c2csc(C)c2)s1. The fourth-order valence-corrected chi connectivity index (χ4v) is 3.27. The van der Waals surface area contributed by atoms with Gasteiger partial charge >= 0.3 is 0 Å². The van der Waals surface area contributed by atoms with Gasteiger partial charge in [-0.1, -0.05) is 6.92 Å². The van der Waals surface area contributed by atoms with Crippen LogP contribution < -0.4 is 5.73 Å². The molecule has 2 aromatic rings. The van der Waals surface area contributed by atoms with E-state index < -0.39 is 0 Å². The quantitative estimate of drug-likeness (QED) is 0.865. The summed E-state index contributed by atoms with van der Waals surface area (Å²) in [6.07, 6.45) is 1.10. The number of hydrogen-bond donors (Lipinski definition) is 1. The van der Waals surface area contributed by atoms with E-state index in [4.69, 9.17) is 5.73 Å². The van der Waals surface area contributed by atoms with Crippen LogP contribution in [0.1, 0.15) is 33.2 Å². The van der Waals surface area contributed by atoms with Crippen molar-refractivity contribution in [2.24, 2.45) is 5.73 Å². The van der Waals surface area contributed by atoms with Crippen molar-refractivity contribution in [1.29, 1.82) is 0 Å². The standard InChI is InChI=1S/C12H15NS2/c1-3-10-4-5-11(15-10)12(13)9-6-8(2)14-7-9/h4-7,12H,3,13H2,1-2H3. The third kappa shape index (κ3) is 2.30. The predicted molar refractivity (Wildman–Crippen MR) is 68.8 cm³/mol. The van der Waals surface area contributed by atoms with Crippen molar-refractivity contribution >= 4 is 22.7 Å². The zero-order valence-electron chi connectivity index (χ0n) is 8.99. The molecule has 0 saturated heterocycles. The van der Waals surface area contributed by atoms with Crippen LogP contribution in [0.15, 0.2) is 23.6 Å². The molecule has 1 unspecified atom stereocenters. The van der Waals surface area contributed by atoms with Crippen LogP contribution in [0, 0.1) is 6.92 Å². The number of rotatable bonds is 3. The second-order valence-electron chi connectivity index (χ2n) is 3.63. The summed E-state index contributed by atoms with van der Waals surface area (Å²) in [6.45, 7) is 4.29. The number of thiophene rings is 2. The molecule has 15 heavy (non-hydrogen) atoms. The molecular weight excluding hydrogens is 222 g/mol. The van der Waals surface area contributed by atoms with Gasteiger partial charge in [0.15, 0.2) is 0 Å². The van der Waals surface area contributed by atoms with Gasteiger partial charge in [0.1, 0.15) is 0 Å². The van der Waals surface area contributed by atoms with E-state index >= 15 is 0 Å². The molecule has 2 heterocycles. The molecule has 0 bridgehead atoms. The van der Waals surface area contributed by atoms with Crippen LogP contribution in [-0.2, 0) is 6.42 Å². The molecule has 80 valence electrons. The monoisotopic (exact) mass is 237 g/mol. The zero-order valence-corrected chi connectivity index (χ0v) is 10.6. The first kappa shape index (κ1) is 10.9. The lowest BCUT2D eigenvalue weighted by molar-refractivity contribution is 0.899. The number of aryl methyl sites for hydroxylation is 2. The van der Waals surface area contributed by atoms with Gasteiger partial charge in [0.05, 0.1) is 6.04 Å². The largest absolute Gasteiger partial charge is 0.320 e. The first-order chi connectivity index (χ1) is 7.20. The minimum absolute atomic E-state index is 0.0558. The van der Waals surface area contributed by atoms with Crippen molar-refractivity contribution in [3.63, 3.8) is 0 Å². The average molecular weight is 237 g/mol. The highest BCUT2D eigenvalue weighted by Crippen LogP contribution is 2.29. The first-order valence-electron chi connectivity index (χ1n) is 5.10. The van der Waals surface area contributed by atoms with Crippen molar-refractivity contribution in [2.75, 3.05) is 0 Å². The van der Waals surface area contributed by atoms with E-state index in [1.807, 2.05) is 11.3 Å². The van der Waals surface area contributed by atoms with Gasteiger partial charge in [-0.05, 0) is 42.5 Å². The summed E-state index contributed by atoms with van der Waals surface area (Å²) in [5.74, 6) is 0. The third-order valence-corrected chi connectivity index (χ3v) is 4.64. The molecule has 1 nitrogen and oxygen atoms in total. The normalized spacial score (nSPS) is 13.0. The smallest absolute Gasteiger partial charge is 0.0654 e. The summed E-state index contributed by atoms with van der Waals surface area (Å²) < 4.78 is 0. The fraction of sp³-hybridized carbons (Fsp3) is 0.333. The highest BCUT2D eigenvalue weighted by atomic mass is 32.1. The predicted octanol–water partition coefficient (Wildman–Crippen LogP) is 3.73. The molecule has 0 aromatic carbocycles. The molecule has 0 amide bonds. The molecule has 1 atom stereocenters. The average Bonchev–Trinajstić information content (AvgIpc) is 2.84. The maximum absolute atomic E-state index is 6.21. The topological polar surface area (TPSA) is 26.0 Å². The second kappa shape index (κ2) is 4.47. The summed E-state index contributed by atoms with van der Waals surface area (Å²) in [6, 6.07) is 6.57. The maximum Gasteiger partial charge on any atom is 0.0654 e. The van der Waals surface area contributed by atoms with Crippen molar-refractivity contribution in [3.05, 3.63) is 43.8 Å². The molecule has 3 heteroatoms. The Morgan fingerprint density at radius 2 is 2.20 bits per heavy atom. The Balaban J connectivity index is 2.23. The van der Waals surface area contributed by atoms with Crippen molar-refractivity contribution < 1.29 is 0 Å². The molecule has 0 saturated carbocycles. The molecule has 2 aromatic heterocycles. The molecule has 0 spiro atoms. The Hall–Kier alpha value is -0.640. The zero-order chi connectivity index (χ0) is 10.8. The Kier molecular flexibility index (Phi) is 3.24. The molecule has 0 fully saturated rings. The van der Waals surface area contributed by atoms with Gasteiger partial charge in [-0.2, -0.15) is 0 Å². The highest BCUT2D eigenvalue weighted by Gasteiger charge is 2.12. The van der Waals surface area contributed by atoms with Gasteiger partial charge in [0.2, 0.25) is 0 Å². The molecule has 0 aliphatic heterocycles. The van der Waals surface area contributed by atoms with Gasteiger partial charge in [0.25, 0.3) is 0 Å². The minimum atomic E-state index is 0.0558. The molecule has 0 aliphatic carbocycles. The van der Waals surface area contributed by atoms with Gasteiger partial charge < -0.3 is 5.73 Å². The van der Waals surface area contributed by atoms with Crippen LogP contribution in [0.25, 0.3) is 0 Å². The van der Waals surface area contributed by atoms with E-state index in [1.54, 1.807) is 11.3 Å². The summed E-state index contributed by atoms with van der Waals surface area (Å²) in [4.78, 5) is 4.00. The maximum atomic E-state index is 6.21.